The lowest BCUT2D eigenvalue weighted by Crippen LogP contribution is -2.12. The number of thioether (sulfide) groups is 1. The Labute approximate surface area is 202 Å². The Morgan fingerprint density at radius 2 is 1.85 bits per heavy atom. The fourth-order valence-corrected chi connectivity index (χ4v) is 5.98. The molecule has 0 aliphatic heterocycles. The van der Waals surface area contributed by atoms with E-state index in [4.69, 9.17) is 9.97 Å². The molecule has 6 aromatic rings. The van der Waals surface area contributed by atoms with Crippen molar-refractivity contribution in [2.75, 3.05) is 0 Å². The Bertz CT molecular complexity index is 1720. The van der Waals surface area contributed by atoms with E-state index in [9.17, 15) is 4.79 Å². The Morgan fingerprint density at radius 3 is 2.68 bits per heavy atom. The number of aromatic nitrogens is 6. The maximum absolute atomic E-state index is 13.0. The van der Waals surface area contributed by atoms with E-state index in [0.717, 1.165) is 44.6 Å². The van der Waals surface area contributed by atoms with Gasteiger partial charge >= 0.3 is 0 Å². The predicted octanol–water partition coefficient (Wildman–Crippen LogP) is 5.82. The van der Waals surface area contributed by atoms with Crippen LogP contribution >= 0.6 is 23.1 Å². The van der Waals surface area contributed by atoms with Gasteiger partial charge in [-0.2, -0.15) is 0 Å². The first-order chi connectivity index (χ1) is 16.6. The van der Waals surface area contributed by atoms with Crippen LogP contribution in [-0.2, 0) is 6.54 Å². The van der Waals surface area contributed by atoms with Gasteiger partial charge in [-0.1, -0.05) is 60.3 Å². The Morgan fingerprint density at radius 1 is 1.06 bits per heavy atom. The molecule has 0 bridgehead atoms. The van der Waals surface area contributed by atoms with Crippen LogP contribution in [0.15, 0.2) is 69.9 Å². The molecule has 4 heterocycles. The minimum absolute atomic E-state index is 0.131. The minimum Gasteiger partial charge on any atom is -0.324 e. The molecule has 1 unspecified atom stereocenters. The molecule has 0 saturated heterocycles. The van der Waals surface area contributed by atoms with Crippen molar-refractivity contribution >= 4 is 55.4 Å². The van der Waals surface area contributed by atoms with Crippen molar-refractivity contribution in [3.63, 3.8) is 0 Å². The summed E-state index contributed by atoms with van der Waals surface area (Å²) in [6.07, 6.45) is 0. The summed E-state index contributed by atoms with van der Waals surface area (Å²) in [7, 11) is 0. The number of nitrogens with one attached hydrogen (secondary N) is 1. The number of hydrogen-bond donors (Lipinski definition) is 1. The van der Waals surface area contributed by atoms with Crippen molar-refractivity contribution < 1.29 is 0 Å². The van der Waals surface area contributed by atoms with Crippen molar-refractivity contribution in [2.45, 2.75) is 30.8 Å². The molecule has 9 heteroatoms. The fraction of sp³-hybridized carbons (Fsp3) is 0.160. The van der Waals surface area contributed by atoms with Crippen molar-refractivity contribution in [1.82, 2.24) is 29.7 Å². The molecular weight excluding hydrogens is 464 g/mol. The van der Waals surface area contributed by atoms with Crippen LogP contribution in [-0.4, -0.2) is 29.7 Å². The monoisotopic (exact) mass is 484 g/mol. The molecule has 0 aliphatic carbocycles. The molecule has 0 radical (unpaired) electrons. The van der Waals surface area contributed by atoms with Crippen LogP contribution < -0.4 is 5.56 Å². The molecule has 1 atom stereocenters. The number of fused-ring (bicyclic) bond motifs is 4. The van der Waals surface area contributed by atoms with Crippen LogP contribution in [0.25, 0.3) is 43.4 Å². The highest BCUT2D eigenvalue weighted by molar-refractivity contribution is 7.99. The molecule has 0 amide bonds. The van der Waals surface area contributed by atoms with Gasteiger partial charge in [0.1, 0.15) is 16.2 Å². The summed E-state index contributed by atoms with van der Waals surface area (Å²) in [5, 5.41) is 12.9. The summed E-state index contributed by atoms with van der Waals surface area (Å²) in [6.45, 7) is 4.87. The van der Waals surface area contributed by atoms with Gasteiger partial charge in [0.25, 0.3) is 5.56 Å². The molecule has 0 fully saturated rings. The van der Waals surface area contributed by atoms with E-state index in [1.165, 1.54) is 23.1 Å². The lowest BCUT2D eigenvalue weighted by atomic mass is 10.1. The highest BCUT2D eigenvalue weighted by Gasteiger charge is 2.19. The van der Waals surface area contributed by atoms with Crippen molar-refractivity contribution in [2.24, 2.45) is 0 Å². The van der Waals surface area contributed by atoms with Gasteiger partial charge in [0.15, 0.2) is 5.65 Å². The number of benzene rings is 2. The topological polar surface area (TPSA) is 89.4 Å². The quantitative estimate of drug-likeness (QED) is 0.310. The zero-order valence-electron chi connectivity index (χ0n) is 18.5. The number of nitrogens with zero attached hydrogens (tertiary/aromatic N) is 5. The van der Waals surface area contributed by atoms with E-state index in [-0.39, 0.29) is 10.8 Å². The van der Waals surface area contributed by atoms with Crippen LogP contribution in [0.5, 0.6) is 0 Å². The standard InChI is InChI=1S/C25H20N6OS2/c1-3-31-18-12-8-7-11-16(18)20-22(31)28-25(30-29-20)34-14(2)21-26-23(32)19-17(13-33-24(19)27-21)15-9-5-4-6-10-15/h4-14H,3H2,1-2H3,(H,26,27,32). The number of thiophene rings is 1. The lowest BCUT2D eigenvalue weighted by molar-refractivity contribution is 0.787. The fourth-order valence-electron chi connectivity index (χ4n) is 4.26. The van der Waals surface area contributed by atoms with E-state index < -0.39 is 0 Å². The number of rotatable bonds is 5. The van der Waals surface area contributed by atoms with Gasteiger partial charge in [-0.15, -0.1) is 21.5 Å². The number of H-pyrrole nitrogens is 1. The largest absolute Gasteiger partial charge is 0.324 e. The molecule has 0 spiro atoms. The number of aryl methyl sites for hydroxylation is 1. The molecule has 0 aliphatic rings. The first-order valence-electron chi connectivity index (χ1n) is 11.0. The molecule has 4 aromatic heterocycles. The summed E-state index contributed by atoms with van der Waals surface area (Å²) in [5.41, 5.74) is 4.50. The predicted molar refractivity (Wildman–Crippen MR) is 138 cm³/mol. The normalized spacial score (nSPS) is 12.6. The molecule has 168 valence electrons. The number of aromatic amines is 1. The van der Waals surface area contributed by atoms with E-state index in [1.54, 1.807) is 0 Å². The summed E-state index contributed by atoms with van der Waals surface area (Å²) in [5.74, 6) is 0.601. The van der Waals surface area contributed by atoms with Gasteiger partial charge in [0.2, 0.25) is 5.16 Å². The van der Waals surface area contributed by atoms with Crippen molar-refractivity contribution in [3.05, 3.63) is 76.2 Å². The molecule has 7 nitrogen and oxygen atoms in total. The van der Waals surface area contributed by atoms with E-state index >= 15 is 0 Å². The van der Waals surface area contributed by atoms with Crippen molar-refractivity contribution in [1.29, 1.82) is 0 Å². The van der Waals surface area contributed by atoms with Gasteiger partial charge in [0.05, 0.1) is 16.2 Å². The van der Waals surface area contributed by atoms with Gasteiger partial charge in [-0.05, 0) is 25.5 Å². The van der Waals surface area contributed by atoms with Crippen molar-refractivity contribution in [3.8, 4) is 11.1 Å². The van der Waals surface area contributed by atoms with Crippen LogP contribution in [0.4, 0.5) is 0 Å². The summed E-state index contributed by atoms with van der Waals surface area (Å²) >= 11 is 2.92. The van der Waals surface area contributed by atoms with Crippen LogP contribution in [0.2, 0.25) is 0 Å². The molecule has 0 saturated carbocycles. The second-order valence-corrected chi connectivity index (χ2v) is 10.1. The minimum atomic E-state index is -0.155. The SMILES string of the molecule is CCn1c2ccccc2c2nnc(SC(C)c3nc4scc(-c5ccccc5)c4c(=O)[nH]3)nc21. The van der Waals surface area contributed by atoms with Gasteiger partial charge in [-0.3, -0.25) is 4.79 Å². The van der Waals surface area contributed by atoms with E-state index in [0.29, 0.717) is 16.4 Å². The molecule has 1 N–H and O–H groups in total. The average molecular weight is 485 g/mol. The molecular formula is C25H20N6OS2. The lowest BCUT2D eigenvalue weighted by Gasteiger charge is -2.09. The number of hydrogen-bond acceptors (Lipinski definition) is 7. The third kappa shape index (κ3) is 3.39. The van der Waals surface area contributed by atoms with Gasteiger partial charge in [-0.25, -0.2) is 9.97 Å². The van der Waals surface area contributed by atoms with Gasteiger partial charge in [0, 0.05) is 22.9 Å². The summed E-state index contributed by atoms with van der Waals surface area (Å²) in [4.78, 5) is 26.3. The third-order valence-electron chi connectivity index (χ3n) is 5.89. The molecule has 2 aromatic carbocycles. The second-order valence-electron chi connectivity index (χ2n) is 7.93. The van der Waals surface area contributed by atoms with Crippen LogP contribution in [0.1, 0.15) is 24.9 Å². The highest BCUT2D eigenvalue weighted by Crippen LogP contribution is 2.35. The Kier molecular flexibility index (Phi) is 5.15. The Balaban J connectivity index is 1.36. The van der Waals surface area contributed by atoms with Gasteiger partial charge < -0.3 is 9.55 Å². The zero-order valence-corrected chi connectivity index (χ0v) is 20.2. The maximum atomic E-state index is 13.0. The first kappa shape index (κ1) is 21.0. The maximum Gasteiger partial charge on any atom is 0.260 e. The number of para-hydroxylation sites is 1. The summed E-state index contributed by atoms with van der Waals surface area (Å²) in [6, 6.07) is 18.0. The Hall–Kier alpha value is -3.56. The molecule has 6 rings (SSSR count). The van der Waals surface area contributed by atoms with E-state index in [1.807, 2.05) is 60.8 Å². The zero-order chi connectivity index (χ0) is 23.2. The first-order valence-corrected chi connectivity index (χ1v) is 12.7. The third-order valence-corrected chi connectivity index (χ3v) is 7.72. The highest BCUT2D eigenvalue weighted by atomic mass is 32.2. The molecule has 34 heavy (non-hydrogen) atoms. The van der Waals surface area contributed by atoms with E-state index in [2.05, 4.69) is 32.7 Å². The second kappa shape index (κ2) is 8.34. The smallest absolute Gasteiger partial charge is 0.260 e. The summed E-state index contributed by atoms with van der Waals surface area (Å²) < 4.78 is 2.15. The van der Waals surface area contributed by atoms with Crippen LogP contribution in [0.3, 0.4) is 0 Å². The average Bonchev–Trinajstić information content (AvgIpc) is 3.43. The van der Waals surface area contributed by atoms with Crippen LogP contribution in [0, 0.1) is 0 Å².